The van der Waals surface area contributed by atoms with E-state index >= 15 is 0 Å². The number of hydrogen-bond acceptors (Lipinski definition) is 4. The van der Waals surface area contributed by atoms with E-state index in [4.69, 9.17) is 14.3 Å². The van der Waals surface area contributed by atoms with Crippen molar-refractivity contribution >= 4 is 12.0 Å². The van der Waals surface area contributed by atoms with Gasteiger partial charge in [0.25, 0.3) is 0 Å². The van der Waals surface area contributed by atoms with Crippen molar-refractivity contribution in [2.24, 2.45) is 0 Å². The standard InChI is InChI=1S/C13H18N2O5/c1-15(8-10-3-2-6-19-10)13(18)14-7-9-4-5-11(20-9)12(16)17/h4-5,10H,2-3,6-8H2,1H3,(H,14,18)(H,16,17). The maximum atomic E-state index is 11.8. The van der Waals surface area contributed by atoms with E-state index in [1.54, 1.807) is 11.9 Å². The van der Waals surface area contributed by atoms with Crippen LogP contribution in [0, 0.1) is 0 Å². The van der Waals surface area contributed by atoms with Crippen molar-refractivity contribution in [3.05, 3.63) is 23.7 Å². The number of carbonyl (C=O) groups excluding carboxylic acids is 1. The summed E-state index contributed by atoms with van der Waals surface area (Å²) in [5.41, 5.74) is 0. The number of amides is 2. The molecule has 0 radical (unpaired) electrons. The van der Waals surface area contributed by atoms with E-state index < -0.39 is 5.97 Å². The van der Waals surface area contributed by atoms with Crippen LogP contribution in [0.1, 0.15) is 29.2 Å². The minimum atomic E-state index is -1.13. The average molecular weight is 282 g/mol. The Balaban J connectivity index is 1.76. The highest BCUT2D eigenvalue weighted by molar-refractivity contribution is 5.84. The highest BCUT2D eigenvalue weighted by atomic mass is 16.5. The number of carboxylic acids is 1. The first-order valence-corrected chi connectivity index (χ1v) is 6.49. The lowest BCUT2D eigenvalue weighted by molar-refractivity contribution is 0.0660. The topological polar surface area (TPSA) is 92.0 Å². The summed E-state index contributed by atoms with van der Waals surface area (Å²) in [6.07, 6.45) is 2.11. The molecular weight excluding hydrogens is 264 g/mol. The van der Waals surface area contributed by atoms with Crippen molar-refractivity contribution in [1.29, 1.82) is 0 Å². The third kappa shape index (κ3) is 3.74. The number of carboxylic acid groups (broad SMARTS) is 1. The first kappa shape index (κ1) is 14.4. The van der Waals surface area contributed by atoms with E-state index in [0.29, 0.717) is 12.3 Å². The third-order valence-corrected chi connectivity index (χ3v) is 3.13. The normalized spacial score (nSPS) is 17.9. The second-order valence-corrected chi connectivity index (χ2v) is 4.75. The summed E-state index contributed by atoms with van der Waals surface area (Å²) < 4.78 is 10.5. The van der Waals surface area contributed by atoms with Gasteiger partial charge in [-0.2, -0.15) is 0 Å². The monoisotopic (exact) mass is 282 g/mol. The maximum Gasteiger partial charge on any atom is 0.371 e. The van der Waals surface area contributed by atoms with Gasteiger partial charge in [-0.25, -0.2) is 9.59 Å². The zero-order valence-corrected chi connectivity index (χ0v) is 11.3. The zero-order valence-electron chi connectivity index (χ0n) is 11.3. The number of aromatic carboxylic acids is 1. The van der Waals surface area contributed by atoms with Crippen molar-refractivity contribution in [3.63, 3.8) is 0 Å². The third-order valence-electron chi connectivity index (χ3n) is 3.13. The van der Waals surface area contributed by atoms with Crippen LogP contribution in [0.5, 0.6) is 0 Å². The molecule has 1 atom stereocenters. The number of likely N-dealkylation sites (N-methyl/N-ethyl adjacent to an activating group) is 1. The first-order valence-electron chi connectivity index (χ1n) is 6.49. The van der Waals surface area contributed by atoms with Gasteiger partial charge in [-0.1, -0.05) is 0 Å². The molecule has 1 saturated heterocycles. The van der Waals surface area contributed by atoms with Crippen LogP contribution in [-0.4, -0.2) is 48.3 Å². The fourth-order valence-corrected chi connectivity index (χ4v) is 2.06. The molecule has 1 aromatic heterocycles. The molecule has 7 nitrogen and oxygen atoms in total. The van der Waals surface area contributed by atoms with E-state index in [2.05, 4.69) is 5.32 Å². The number of hydrogen-bond donors (Lipinski definition) is 2. The minimum Gasteiger partial charge on any atom is -0.475 e. The number of nitrogens with zero attached hydrogens (tertiary/aromatic N) is 1. The summed E-state index contributed by atoms with van der Waals surface area (Å²) in [5.74, 6) is -0.860. The molecule has 1 aromatic rings. The zero-order chi connectivity index (χ0) is 14.5. The van der Waals surface area contributed by atoms with Gasteiger partial charge in [0.2, 0.25) is 5.76 Å². The lowest BCUT2D eigenvalue weighted by Gasteiger charge is -2.20. The molecule has 7 heteroatoms. The molecule has 0 aromatic carbocycles. The summed E-state index contributed by atoms with van der Waals surface area (Å²) in [7, 11) is 1.70. The predicted octanol–water partition coefficient (Wildman–Crippen LogP) is 1.30. The van der Waals surface area contributed by atoms with Crippen LogP contribution < -0.4 is 5.32 Å². The molecule has 2 heterocycles. The number of urea groups is 1. The number of furan rings is 1. The first-order chi connectivity index (χ1) is 9.56. The number of carbonyl (C=O) groups is 2. The van der Waals surface area contributed by atoms with E-state index in [0.717, 1.165) is 19.4 Å². The van der Waals surface area contributed by atoms with Gasteiger partial charge in [0.1, 0.15) is 5.76 Å². The highest BCUT2D eigenvalue weighted by Gasteiger charge is 2.20. The highest BCUT2D eigenvalue weighted by Crippen LogP contribution is 2.13. The van der Waals surface area contributed by atoms with E-state index in [1.165, 1.54) is 12.1 Å². The smallest absolute Gasteiger partial charge is 0.371 e. The van der Waals surface area contributed by atoms with Crippen LogP contribution in [0.15, 0.2) is 16.5 Å². The molecule has 0 aliphatic carbocycles. The van der Waals surface area contributed by atoms with Crippen LogP contribution in [0.25, 0.3) is 0 Å². The largest absolute Gasteiger partial charge is 0.475 e. The van der Waals surface area contributed by atoms with Crippen molar-refractivity contribution in [2.75, 3.05) is 20.2 Å². The SMILES string of the molecule is CN(CC1CCCO1)C(=O)NCc1ccc(C(=O)O)o1. The van der Waals surface area contributed by atoms with Gasteiger partial charge < -0.3 is 24.5 Å². The molecule has 1 unspecified atom stereocenters. The summed E-state index contributed by atoms with van der Waals surface area (Å²) in [4.78, 5) is 24.0. The predicted molar refractivity (Wildman–Crippen MR) is 69.5 cm³/mol. The van der Waals surface area contributed by atoms with Crippen LogP contribution in [-0.2, 0) is 11.3 Å². The molecule has 110 valence electrons. The molecule has 0 saturated carbocycles. The maximum absolute atomic E-state index is 11.8. The fraction of sp³-hybridized carbons (Fsp3) is 0.538. The Bertz CT molecular complexity index is 479. The van der Waals surface area contributed by atoms with Gasteiger partial charge in [0.05, 0.1) is 12.6 Å². The summed E-state index contributed by atoms with van der Waals surface area (Å²) in [6.45, 7) is 1.46. The lowest BCUT2D eigenvalue weighted by atomic mass is 10.2. The van der Waals surface area contributed by atoms with Crippen LogP contribution in [0.3, 0.4) is 0 Å². The minimum absolute atomic E-state index is 0.105. The van der Waals surface area contributed by atoms with Crippen LogP contribution in [0.2, 0.25) is 0 Å². The van der Waals surface area contributed by atoms with Gasteiger partial charge in [0, 0.05) is 20.2 Å². The molecule has 0 spiro atoms. The van der Waals surface area contributed by atoms with Crippen molar-refractivity contribution in [3.8, 4) is 0 Å². The summed E-state index contributed by atoms with van der Waals surface area (Å²) >= 11 is 0. The second kappa shape index (κ2) is 6.42. The Kier molecular flexibility index (Phi) is 4.62. The summed E-state index contributed by atoms with van der Waals surface area (Å²) in [6, 6.07) is 2.65. The molecule has 2 rings (SSSR count). The summed E-state index contributed by atoms with van der Waals surface area (Å²) in [5, 5.41) is 11.4. The van der Waals surface area contributed by atoms with Gasteiger partial charge in [-0.15, -0.1) is 0 Å². The molecule has 2 amide bonds. The van der Waals surface area contributed by atoms with E-state index in [1.807, 2.05) is 0 Å². The Morgan fingerprint density at radius 1 is 1.50 bits per heavy atom. The van der Waals surface area contributed by atoms with E-state index in [-0.39, 0.29) is 24.4 Å². The Labute approximate surface area is 116 Å². The molecule has 1 fully saturated rings. The van der Waals surface area contributed by atoms with Crippen LogP contribution in [0.4, 0.5) is 4.79 Å². The van der Waals surface area contributed by atoms with Crippen LogP contribution >= 0.6 is 0 Å². The average Bonchev–Trinajstić information content (AvgIpc) is 3.06. The van der Waals surface area contributed by atoms with Crippen molar-refractivity contribution in [2.45, 2.75) is 25.5 Å². The second-order valence-electron chi connectivity index (χ2n) is 4.75. The quantitative estimate of drug-likeness (QED) is 0.849. The Morgan fingerprint density at radius 3 is 2.90 bits per heavy atom. The number of ether oxygens (including phenoxy) is 1. The fourth-order valence-electron chi connectivity index (χ4n) is 2.06. The Hall–Kier alpha value is -2.02. The van der Waals surface area contributed by atoms with Crippen molar-refractivity contribution < 1.29 is 23.8 Å². The van der Waals surface area contributed by atoms with Gasteiger partial charge in [-0.3, -0.25) is 0 Å². The van der Waals surface area contributed by atoms with Gasteiger partial charge >= 0.3 is 12.0 Å². The molecule has 2 N–H and O–H groups in total. The number of nitrogens with one attached hydrogen (secondary N) is 1. The number of rotatable bonds is 5. The Morgan fingerprint density at radius 2 is 2.30 bits per heavy atom. The van der Waals surface area contributed by atoms with Gasteiger partial charge in [0.15, 0.2) is 0 Å². The van der Waals surface area contributed by atoms with Crippen molar-refractivity contribution in [1.82, 2.24) is 10.2 Å². The van der Waals surface area contributed by atoms with Gasteiger partial charge in [-0.05, 0) is 25.0 Å². The molecular formula is C13H18N2O5. The van der Waals surface area contributed by atoms with E-state index in [9.17, 15) is 9.59 Å². The molecule has 1 aliphatic rings. The lowest BCUT2D eigenvalue weighted by Crippen LogP contribution is -2.40. The molecule has 20 heavy (non-hydrogen) atoms. The molecule has 0 bridgehead atoms. The molecule has 1 aliphatic heterocycles.